The van der Waals surface area contributed by atoms with E-state index in [1.54, 1.807) is 24.7 Å². The molecular weight excluding hydrogens is 505 g/mol. The number of nitrogens with zero attached hydrogens (tertiary/aromatic N) is 5. The van der Waals surface area contributed by atoms with Crippen molar-refractivity contribution in [3.63, 3.8) is 0 Å². The molecule has 0 amide bonds. The molecule has 188 valence electrons. The second kappa shape index (κ2) is 10.5. The Labute approximate surface area is 217 Å². The molecule has 2 aromatic carbocycles. The van der Waals surface area contributed by atoms with Crippen LogP contribution in [0, 0.1) is 0 Å². The highest BCUT2D eigenvalue weighted by Gasteiger charge is 2.45. The molecule has 0 aliphatic carbocycles. The van der Waals surface area contributed by atoms with Crippen molar-refractivity contribution < 1.29 is 14.2 Å². The summed E-state index contributed by atoms with van der Waals surface area (Å²) < 4.78 is 23.4. The van der Waals surface area contributed by atoms with Gasteiger partial charge in [-0.3, -0.25) is 0 Å². The molecule has 4 aromatic rings. The molecule has 1 aliphatic heterocycles. The molecule has 5 rings (SSSR count). The van der Waals surface area contributed by atoms with Gasteiger partial charge in [0.1, 0.15) is 24.8 Å². The number of hydrogen-bond donors (Lipinski definition) is 0. The van der Waals surface area contributed by atoms with Gasteiger partial charge in [0.15, 0.2) is 0 Å². The van der Waals surface area contributed by atoms with Crippen LogP contribution >= 0.6 is 23.2 Å². The van der Waals surface area contributed by atoms with Gasteiger partial charge < -0.3 is 18.8 Å². The van der Waals surface area contributed by atoms with E-state index in [-0.39, 0.29) is 18.4 Å². The molecule has 1 aliphatic rings. The molecule has 2 aromatic heterocycles. The van der Waals surface area contributed by atoms with Gasteiger partial charge in [-0.1, -0.05) is 36.2 Å². The van der Waals surface area contributed by atoms with Gasteiger partial charge in [0.25, 0.3) is 0 Å². The first-order valence-corrected chi connectivity index (χ1v) is 12.3. The lowest BCUT2D eigenvalue weighted by Crippen LogP contribution is -2.34. The van der Waals surface area contributed by atoms with Gasteiger partial charge in [-0.25, -0.2) is 19.0 Å². The van der Waals surface area contributed by atoms with E-state index in [9.17, 15) is 4.79 Å². The lowest BCUT2D eigenvalue weighted by atomic mass is 10.1. The SMILES string of the molecule is CCCn1ncn(-c2ccc(OCC3COC(Cn4ccnc4)(c4ccc(Cl)cc4Cl)O3)cc2)c1=O. The van der Waals surface area contributed by atoms with Crippen molar-refractivity contribution in [2.75, 3.05) is 13.2 Å². The second-order valence-electron chi connectivity index (χ2n) is 8.47. The van der Waals surface area contributed by atoms with Crippen LogP contribution in [0.4, 0.5) is 0 Å². The maximum absolute atomic E-state index is 12.5. The van der Waals surface area contributed by atoms with Crippen LogP contribution in [-0.2, 0) is 28.4 Å². The average molecular weight is 530 g/mol. The van der Waals surface area contributed by atoms with Crippen LogP contribution in [-0.4, -0.2) is 43.2 Å². The van der Waals surface area contributed by atoms with Crippen LogP contribution in [0.2, 0.25) is 10.0 Å². The first kappa shape index (κ1) is 24.6. The van der Waals surface area contributed by atoms with Gasteiger partial charge in [-0.05, 0) is 42.8 Å². The Morgan fingerprint density at radius 2 is 2.00 bits per heavy atom. The zero-order valence-corrected chi connectivity index (χ0v) is 21.1. The summed E-state index contributed by atoms with van der Waals surface area (Å²) in [5.41, 5.74) is 1.23. The molecule has 9 nitrogen and oxygen atoms in total. The van der Waals surface area contributed by atoms with E-state index in [1.807, 2.05) is 48.0 Å². The number of hydrogen-bond acceptors (Lipinski definition) is 6. The van der Waals surface area contributed by atoms with Crippen LogP contribution < -0.4 is 10.4 Å². The van der Waals surface area contributed by atoms with Gasteiger partial charge in [0.2, 0.25) is 5.79 Å². The Kier molecular flexibility index (Phi) is 7.15. The molecule has 0 radical (unpaired) electrons. The van der Waals surface area contributed by atoms with E-state index >= 15 is 0 Å². The predicted octanol–water partition coefficient (Wildman–Crippen LogP) is 4.29. The number of imidazole rings is 1. The van der Waals surface area contributed by atoms with E-state index in [1.165, 1.54) is 15.6 Å². The summed E-state index contributed by atoms with van der Waals surface area (Å²) in [4.78, 5) is 16.6. The molecule has 36 heavy (non-hydrogen) atoms. The molecule has 2 unspecified atom stereocenters. The standard InChI is InChI=1S/C25H25Cl2N5O4/c1-2-10-32-24(33)31(17-29-32)19-4-6-20(7-5-19)34-13-21-14-35-25(36-21,15-30-11-9-28-16-30)22-8-3-18(26)12-23(22)27/h3-9,11-12,16-17,21H,2,10,13-15H2,1H3. The van der Waals surface area contributed by atoms with Gasteiger partial charge in [0.05, 0.1) is 30.2 Å². The molecule has 3 heterocycles. The molecule has 0 saturated carbocycles. The highest BCUT2D eigenvalue weighted by molar-refractivity contribution is 6.35. The summed E-state index contributed by atoms with van der Waals surface area (Å²) in [6, 6.07) is 12.5. The molecule has 0 N–H and O–H groups in total. The second-order valence-corrected chi connectivity index (χ2v) is 9.32. The number of halogens is 2. The van der Waals surface area contributed by atoms with Crippen LogP contribution in [0.25, 0.3) is 5.69 Å². The first-order chi connectivity index (χ1) is 17.5. The van der Waals surface area contributed by atoms with Gasteiger partial charge in [-0.2, -0.15) is 5.10 Å². The molecule has 1 saturated heterocycles. The Bertz CT molecular complexity index is 1370. The fourth-order valence-electron chi connectivity index (χ4n) is 4.15. The highest BCUT2D eigenvalue weighted by atomic mass is 35.5. The van der Waals surface area contributed by atoms with Crippen molar-refractivity contribution in [2.24, 2.45) is 0 Å². The summed E-state index contributed by atoms with van der Waals surface area (Å²) >= 11 is 12.6. The summed E-state index contributed by atoms with van der Waals surface area (Å²) in [6.45, 7) is 3.53. The van der Waals surface area contributed by atoms with Crippen LogP contribution in [0.1, 0.15) is 18.9 Å². The van der Waals surface area contributed by atoms with E-state index in [4.69, 9.17) is 37.4 Å². The third kappa shape index (κ3) is 5.05. The van der Waals surface area contributed by atoms with E-state index in [2.05, 4.69) is 10.1 Å². The predicted molar refractivity (Wildman–Crippen MR) is 135 cm³/mol. The maximum atomic E-state index is 12.5. The first-order valence-electron chi connectivity index (χ1n) is 11.6. The summed E-state index contributed by atoms with van der Waals surface area (Å²) in [5.74, 6) is -0.465. The van der Waals surface area contributed by atoms with Gasteiger partial charge in [0, 0.05) is 29.5 Å². The van der Waals surface area contributed by atoms with Crippen molar-refractivity contribution in [2.45, 2.75) is 38.3 Å². The third-order valence-electron chi connectivity index (χ3n) is 5.87. The lowest BCUT2D eigenvalue weighted by Gasteiger charge is -2.30. The summed E-state index contributed by atoms with van der Waals surface area (Å²) in [6.07, 6.45) is 7.25. The zero-order chi connectivity index (χ0) is 25.1. The van der Waals surface area contributed by atoms with Gasteiger partial charge >= 0.3 is 5.69 Å². The van der Waals surface area contributed by atoms with Crippen LogP contribution in [0.3, 0.4) is 0 Å². The number of aromatic nitrogens is 5. The fraction of sp³-hybridized carbons (Fsp3) is 0.320. The Morgan fingerprint density at radius 3 is 2.72 bits per heavy atom. The third-order valence-corrected chi connectivity index (χ3v) is 6.42. The molecule has 11 heteroatoms. The number of benzene rings is 2. The highest BCUT2D eigenvalue weighted by Crippen LogP contribution is 2.40. The van der Waals surface area contributed by atoms with Crippen molar-refractivity contribution >= 4 is 23.2 Å². The van der Waals surface area contributed by atoms with Gasteiger partial charge in [-0.15, -0.1) is 0 Å². The lowest BCUT2D eigenvalue weighted by molar-refractivity contribution is -0.189. The van der Waals surface area contributed by atoms with Crippen molar-refractivity contribution in [3.05, 3.63) is 93.6 Å². The van der Waals surface area contributed by atoms with E-state index in [0.29, 0.717) is 46.7 Å². The monoisotopic (exact) mass is 529 g/mol. The van der Waals surface area contributed by atoms with Crippen molar-refractivity contribution in [1.29, 1.82) is 0 Å². The zero-order valence-electron chi connectivity index (χ0n) is 19.6. The molecule has 0 spiro atoms. The molecule has 0 bridgehead atoms. The maximum Gasteiger partial charge on any atom is 0.350 e. The number of rotatable bonds is 9. The largest absolute Gasteiger partial charge is 0.491 e. The summed E-state index contributed by atoms with van der Waals surface area (Å²) in [7, 11) is 0. The molecular formula is C25H25Cl2N5O4. The smallest absolute Gasteiger partial charge is 0.350 e. The quantitative estimate of drug-likeness (QED) is 0.321. The number of aryl methyl sites for hydroxylation is 1. The Morgan fingerprint density at radius 1 is 1.17 bits per heavy atom. The fourth-order valence-corrected chi connectivity index (χ4v) is 4.70. The average Bonchev–Trinajstić information content (AvgIpc) is 3.61. The van der Waals surface area contributed by atoms with Crippen LogP contribution in [0.15, 0.2) is 72.3 Å². The minimum absolute atomic E-state index is 0.169. The number of ether oxygens (including phenoxy) is 3. The van der Waals surface area contributed by atoms with E-state index in [0.717, 1.165) is 6.42 Å². The summed E-state index contributed by atoms with van der Waals surface area (Å²) in [5, 5.41) is 5.14. The van der Waals surface area contributed by atoms with E-state index < -0.39 is 5.79 Å². The van der Waals surface area contributed by atoms with Crippen molar-refractivity contribution in [1.82, 2.24) is 23.9 Å². The minimum atomic E-state index is -1.11. The Hall–Kier alpha value is -3.11. The minimum Gasteiger partial charge on any atom is -0.491 e. The molecule has 1 fully saturated rings. The van der Waals surface area contributed by atoms with Crippen molar-refractivity contribution in [3.8, 4) is 11.4 Å². The normalized spacial score (nSPS) is 19.6. The van der Waals surface area contributed by atoms with Crippen LogP contribution in [0.5, 0.6) is 5.75 Å². The topological polar surface area (TPSA) is 85.3 Å². The molecule has 2 atom stereocenters. The Balaban J connectivity index is 1.28.